The van der Waals surface area contributed by atoms with Crippen molar-refractivity contribution in [1.29, 1.82) is 0 Å². The van der Waals surface area contributed by atoms with Crippen molar-refractivity contribution in [3.8, 4) is 0 Å². The standard InChI is InChI=1S/C14H17F3N4/c1-4-12-19-20-13(21(12)3)8-18-10-6-5-9(2)11(7-10)14(15,16)17/h5-7,18H,4,8H2,1-3H3. The molecule has 114 valence electrons. The smallest absolute Gasteiger partial charge is 0.378 e. The van der Waals surface area contributed by atoms with E-state index in [0.29, 0.717) is 18.1 Å². The second-order valence-corrected chi connectivity index (χ2v) is 4.83. The molecule has 0 radical (unpaired) electrons. The van der Waals surface area contributed by atoms with Crippen LogP contribution in [-0.2, 0) is 26.2 Å². The molecule has 2 rings (SSSR count). The molecular weight excluding hydrogens is 281 g/mol. The highest BCUT2D eigenvalue weighted by atomic mass is 19.4. The van der Waals surface area contributed by atoms with Gasteiger partial charge in [0.25, 0.3) is 0 Å². The fourth-order valence-electron chi connectivity index (χ4n) is 2.08. The van der Waals surface area contributed by atoms with Gasteiger partial charge in [-0.2, -0.15) is 13.2 Å². The van der Waals surface area contributed by atoms with E-state index in [4.69, 9.17) is 0 Å². The summed E-state index contributed by atoms with van der Waals surface area (Å²) in [5.74, 6) is 1.52. The van der Waals surface area contributed by atoms with E-state index in [9.17, 15) is 13.2 Å². The molecule has 1 heterocycles. The molecule has 0 saturated heterocycles. The second kappa shape index (κ2) is 5.75. The lowest BCUT2D eigenvalue weighted by Crippen LogP contribution is -2.10. The van der Waals surface area contributed by atoms with Crippen LogP contribution in [0.4, 0.5) is 18.9 Å². The number of aryl methyl sites for hydroxylation is 2. The lowest BCUT2D eigenvalue weighted by Gasteiger charge is -2.13. The number of aromatic nitrogens is 3. The van der Waals surface area contributed by atoms with Crippen LogP contribution >= 0.6 is 0 Å². The van der Waals surface area contributed by atoms with E-state index in [2.05, 4.69) is 15.5 Å². The van der Waals surface area contributed by atoms with Crippen LogP contribution in [-0.4, -0.2) is 14.8 Å². The first kappa shape index (κ1) is 15.3. The molecular formula is C14H17F3N4. The van der Waals surface area contributed by atoms with Crippen molar-refractivity contribution in [2.45, 2.75) is 33.0 Å². The van der Waals surface area contributed by atoms with Crippen molar-refractivity contribution in [2.75, 3.05) is 5.32 Å². The van der Waals surface area contributed by atoms with Crippen LogP contribution in [0.15, 0.2) is 18.2 Å². The SMILES string of the molecule is CCc1nnc(CNc2ccc(C)c(C(F)(F)F)c2)n1C. The molecule has 2 aromatic rings. The molecule has 0 aliphatic carbocycles. The maximum Gasteiger partial charge on any atom is 0.416 e. The highest BCUT2D eigenvalue weighted by Crippen LogP contribution is 2.33. The number of nitrogens with one attached hydrogen (secondary N) is 1. The third kappa shape index (κ3) is 3.34. The van der Waals surface area contributed by atoms with Crippen molar-refractivity contribution in [2.24, 2.45) is 7.05 Å². The minimum Gasteiger partial charge on any atom is -0.378 e. The van der Waals surface area contributed by atoms with E-state index in [0.717, 1.165) is 18.3 Å². The Balaban J connectivity index is 2.15. The summed E-state index contributed by atoms with van der Waals surface area (Å²) < 4.78 is 40.4. The van der Waals surface area contributed by atoms with Crippen molar-refractivity contribution in [1.82, 2.24) is 14.8 Å². The van der Waals surface area contributed by atoms with Crippen molar-refractivity contribution in [3.05, 3.63) is 41.0 Å². The second-order valence-electron chi connectivity index (χ2n) is 4.83. The highest BCUT2D eigenvalue weighted by molar-refractivity contribution is 5.49. The Kier molecular flexibility index (Phi) is 4.20. The number of hydrogen-bond acceptors (Lipinski definition) is 3. The molecule has 0 amide bonds. The molecule has 0 aliphatic rings. The predicted octanol–water partition coefficient (Wildman–Crippen LogP) is 3.32. The van der Waals surface area contributed by atoms with E-state index < -0.39 is 11.7 Å². The summed E-state index contributed by atoms with van der Waals surface area (Å²) >= 11 is 0. The van der Waals surface area contributed by atoms with E-state index in [1.165, 1.54) is 13.0 Å². The van der Waals surface area contributed by atoms with Crippen LogP contribution in [0.1, 0.15) is 29.7 Å². The van der Waals surface area contributed by atoms with Crippen molar-refractivity contribution >= 4 is 5.69 Å². The van der Waals surface area contributed by atoms with Gasteiger partial charge in [0.15, 0.2) is 5.82 Å². The minimum atomic E-state index is -4.35. The quantitative estimate of drug-likeness (QED) is 0.941. The van der Waals surface area contributed by atoms with Crippen LogP contribution in [0.5, 0.6) is 0 Å². The Bertz CT molecular complexity index is 632. The predicted molar refractivity (Wildman–Crippen MR) is 73.9 cm³/mol. The van der Waals surface area contributed by atoms with E-state index in [1.54, 1.807) is 6.07 Å². The first-order chi connectivity index (χ1) is 9.82. The Morgan fingerprint density at radius 1 is 1.19 bits per heavy atom. The minimum absolute atomic E-state index is 0.208. The van der Waals surface area contributed by atoms with Crippen LogP contribution in [0.25, 0.3) is 0 Å². The fraction of sp³-hybridized carbons (Fsp3) is 0.429. The topological polar surface area (TPSA) is 42.7 Å². The molecule has 1 N–H and O–H groups in total. The summed E-state index contributed by atoms with van der Waals surface area (Å²) in [5, 5.41) is 11.0. The maximum absolute atomic E-state index is 12.9. The van der Waals surface area contributed by atoms with Crippen LogP contribution < -0.4 is 5.32 Å². The lowest BCUT2D eigenvalue weighted by atomic mass is 10.1. The average Bonchev–Trinajstić information content (AvgIpc) is 2.77. The van der Waals surface area contributed by atoms with Gasteiger partial charge in [0, 0.05) is 19.2 Å². The molecule has 21 heavy (non-hydrogen) atoms. The molecule has 0 fully saturated rings. The number of benzene rings is 1. The number of hydrogen-bond donors (Lipinski definition) is 1. The Morgan fingerprint density at radius 2 is 1.86 bits per heavy atom. The van der Waals surface area contributed by atoms with Crippen LogP contribution in [0.2, 0.25) is 0 Å². The zero-order valence-corrected chi connectivity index (χ0v) is 12.1. The number of alkyl halides is 3. The van der Waals surface area contributed by atoms with Gasteiger partial charge in [-0.3, -0.25) is 0 Å². The molecule has 0 saturated carbocycles. The van der Waals surface area contributed by atoms with Gasteiger partial charge in [-0.15, -0.1) is 10.2 Å². The Labute approximate surface area is 121 Å². The molecule has 0 aliphatic heterocycles. The molecule has 1 aromatic carbocycles. The summed E-state index contributed by atoms with van der Waals surface area (Å²) in [7, 11) is 1.84. The molecule has 4 nitrogen and oxygen atoms in total. The Hall–Kier alpha value is -2.05. The molecule has 1 aromatic heterocycles. The van der Waals surface area contributed by atoms with E-state index >= 15 is 0 Å². The van der Waals surface area contributed by atoms with Gasteiger partial charge in [0.1, 0.15) is 5.82 Å². The largest absolute Gasteiger partial charge is 0.416 e. The molecule has 0 bridgehead atoms. The third-order valence-electron chi connectivity index (χ3n) is 3.37. The Morgan fingerprint density at radius 3 is 2.43 bits per heavy atom. The molecule has 0 atom stereocenters. The number of anilines is 1. The van der Waals surface area contributed by atoms with Gasteiger partial charge < -0.3 is 9.88 Å². The molecule has 0 spiro atoms. The van der Waals surface area contributed by atoms with E-state index in [1.807, 2.05) is 18.5 Å². The molecule has 7 heteroatoms. The summed E-state index contributed by atoms with van der Waals surface area (Å²) in [6.45, 7) is 3.74. The number of halogens is 3. The van der Waals surface area contributed by atoms with Gasteiger partial charge in [-0.25, -0.2) is 0 Å². The van der Waals surface area contributed by atoms with Gasteiger partial charge in [-0.1, -0.05) is 13.0 Å². The van der Waals surface area contributed by atoms with Crippen molar-refractivity contribution in [3.63, 3.8) is 0 Å². The van der Waals surface area contributed by atoms with Crippen LogP contribution in [0, 0.1) is 6.92 Å². The number of nitrogens with zero attached hydrogens (tertiary/aromatic N) is 3. The average molecular weight is 298 g/mol. The normalized spacial score (nSPS) is 11.7. The van der Waals surface area contributed by atoms with Gasteiger partial charge >= 0.3 is 6.18 Å². The monoisotopic (exact) mass is 298 g/mol. The van der Waals surface area contributed by atoms with Crippen LogP contribution in [0.3, 0.4) is 0 Å². The first-order valence-corrected chi connectivity index (χ1v) is 6.61. The summed E-state index contributed by atoms with van der Waals surface area (Å²) in [5.41, 5.74) is -0.00587. The van der Waals surface area contributed by atoms with Gasteiger partial charge in [-0.05, 0) is 24.6 Å². The summed E-state index contributed by atoms with van der Waals surface area (Å²) in [4.78, 5) is 0. The van der Waals surface area contributed by atoms with Gasteiger partial charge in [0.05, 0.1) is 12.1 Å². The fourth-order valence-corrected chi connectivity index (χ4v) is 2.08. The zero-order valence-electron chi connectivity index (χ0n) is 12.1. The van der Waals surface area contributed by atoms with E-state index in [-0.39, 0.29) is 5.56 Å². The van der Waals surface area contributed by atoms with Crippen molar-refractivity contribution < 1.29 is 13.2 Å². The highest BCUT2D eigenvalue weighted by Gasteiger charge is 2.32. The summed E-state index contributed by atoms with van der Waals surface area (Å²) in [6.07, 6.45) is -3.59. The maximum atomic E-state index is 12.9. The zero-order chi connectivity index (χ0) is 15.6. The number of rotatable bonds is 4. The third-order valence-corrected chi connectivity index (χ3v) is 3.37. The van der Waals surface area contributed by atoms with Gasteiger partial charge in [0.2, 0.25) is 0 Å². The first-order valence-electron chi connectivity index (χ1n) is 6.61. The lowest BCUT2D eigenvalue weighted by molar-refractivity contribution is -0.138. The molecule has 0 unspecified atom stereocenters. The summed E-state index contributed by atoms with van der Waals surface area (Å²) in [6, 6.07) is 4.20.